The quantitative estimate of drug-likeness (QED) is 0.784. The molecule has 7 heteroatoms. The molecule has 1 aliphatic carbocycles. The first-order chi connectivity index (χ1) is 10.4. The van der Waals surface area contributed by atoms with Gasteiger partial charge in [-0.1, -0.05) is 11.8 Å². The first kappa shape index (κ1) is 14.6. The largest absolute Gasteiger partial charge is 0.497 e. The molecule has 0 bridgehead atoms. The molecule has 0 radical (unpaired) electrons. The lowest BCUT2D eigenvalue weighted by atomic mass is 9.86. The Kier molecular flexibility index (Phi) is 3.20. The van der Waals surface area contributed by atoms with E-state index in [9.17, 15) is 18.0 Å². The van der Waals surface area contributed by atoms with E-state index in [1.807, 2.05) is 5.32 Å². The Hall–Kier alpha value is -2.36. The number of carbonyl (C=O) groups excluding carboxylic acids is 1. The van der Waals surface area contributed by atoms with E-state index in [4.69, 9.17) is 4.74 Å². The number of fused-ring (bicyclic) bond motifs is 1. The second kappa shape index (κ2) is 4.83. The average Bonchev–Trinajstić information content (AvgIpc) is 3.27. The van der Waals surface area contributed by atoms with Gasteiger partial charge in [0.25, 0.3) is 0 Å². The Labute approximate surface area is 125 Å². The number of halogens is 3. The lowest BCUT2D eigenvalue weighted by Crippen LogP contribution is -2.59. The van der Waals surface area contributed by atoms with E-state index in [1.54, 1.807) is 0 Å². The molecule has 1 saturated carbocycles. The Balaban J connectivity index is 2.21. The van der Waals surface area contributed by atoms with Crippen LogP contribution in [0.1, 0.15) is 18.4 Å². The van der Waals surface area contributed by atoms with Gasteiger partial charge in [0.2, 0.25) is 5.54 Å². The second-order valence-corrected chi connectivity index (χ2v) is 5.28. The maximum atomic E-state index is 13.8. The smallest absolute Gasteiger partial charge is 0.427 e. The van der Waals surface area contributed by atoms with Crippen LogP contribution in [0.4, 0.5) is 23.7 Å². The molecule has 1 aromatic carbocycles. The molecule has 1 unspecified atom stereocenters. The summed E-state index contributed by atoms with van der Waals surface area (Å²) in [6.07, 6.45) is -3.18. The molecular weight excluding hydrogens is 297 g/mol. The van der Waals surface area contributed by atoms with Gasteiger partial charge in [0.05, 0.1) is 7.11 Å². The maximum Gasteiger partial charge on any atom is 0.427 e. The maximum absolute atomic E-state index is 13.8. The normalized spacial score (nSPS) is 23.5. The second-order valence-electron chi connectivity index (χ2n) is 5.28. The van der Waals surface area contributed by atoms with Crippen LogP contribution in [0.2, 0.25) is 0 Å². The van der Waals surface area contributed by atoms with Crippen LogP contribution in [0.3, 0.4) is 0 Å². The monoisotopic (exact) mass is 310 g/mol. The van der Waals surface area contributed by atoms with Crippen molar-refractivity contribution in [2.75, 3.05) is 12.4 Å². The number of hydrogen-bond donors (Lipinski definition) is 2. The zero-order valence-electron chi connectivity index (χ0n) is 11.7. The minimum absolute atomic E-state index is 0.0277. The minimum atomic E-state index is -4.76. The highest BCUT2D eigenvalue weighted by Gasteiger charge is 2.59. The van der Waals surface area contributed by atoms with Crippen molar-refractivity contribution in [2.45, 2.75) is 24.6 Å². The number of rotatable bonds is 1. The highest BCUT2D eigenvalue weighted by Crippen LogP contribution is 2.45. The van der Waals surface area contributed by atoms with Crippen LogP contribution in [0, 0.1) is 17.8 Å². The molecular formula is C15H13F3N2O2. The molecule has 2 N–H and O–H groups in total. The van der Waals surface area contributed by atoms with Crippen LogP contribution in [0.5, 0.6) is 5.75 Å². The summed E-state index contributed by atoms with van der Waals surface area (Å²) in [5.41, 5.74) is -2.80. The van der Waals surface area contributed by atoms with Crippen LogP contribution >= 0.6 is 0 Å². The van der Waals surface area contributed by atoms with Gasteiger partial charge in [0.1, 0.15) is 5.75 Å². The third-order valence-corrected chi connectivity index (χ3v) is 3.65. The zero-order valence-corrected chi connectivity index (χ0v) is 11.7. The van der Waals surface area contributed by atoms with Gasteiger partial charge in [-0.15, -0.1) is 0 Å². The van der Waals surface area contributed by atoms with Crippen LogP contribution < -0.4 is 15.4 Å². The van der Waals surface area contributed by atoms with Gasteiger partial charge in [-0.05, 0) is 31.0 Å². The van der Waals surface area contributed by atoms with Crippen LogP contribution in [-0.2, 0) is 5.54 Å². The molecule has 3 rings (SSSR count). The van der Waals surface area contributed by atoms with Crippen molar-refractivity contribution in [3.8, 4) is 17.6 Å². The fourth-order valence-corrected chi connectivity index (χ4v) is 2.29. The molecule has 2 aliphatic rings. The fourth-order valence-electron chi connectivity index (χ4n) is 2.29. The Bertz CT molecular complexity index is 686. The number of benzene rings is 1. The number of ether oxygens (including phenoxy) is 1. The standard InChI is InChI=1S/C15H13F3N2O2/c1-22-10-4-5-12-11(8-10)14(15(16,17)18,20-13(21)19-12)7-6-9-2-3-9/h4-5,8-9H,2-3H2,1H3,(H2,19,20,21). The molecule has 1 heterocycles. The van der Waals surface area contributed by atoms with Gasteiger partial charge >= 0.3 is 12.2 Å². The molecule has 0 aromatic heterocycles. The molecule has 1 fully saturated rings. The number of alkyl halides is 3. The summed E-state index contributed by atoms with van der Waals surface area (Å²) < 4.78 is 46.3. The first-order valence-electron chi connectivity index (χ1n) is 6.73. The van der Waals surface area contributed by atoms with E-state index >= 15 is 0 Å². The van der Waals surface area contributed by atoms with Crippen molar-refractivity contribution in [3.63, 3.8) is 0 Å². The summed E-state index contributed by atoms with van der Waals surface area (Å²) in [6, 6.07) is 3.18. The molecule has 2 amide bonds. The highest BCUT2D eigenvalue weighted by molar-refractivity contribution is 5.95. The summed E-state index contributed by atoms with van der Waals surface area (Å²) in [5.74, 6) is 5.13. The van der Waals surface area contributed by atoms with Crippen molar-refractivity contribution in [1.82, 2.24) is 5.32 Å². The van der Waals surface area contributed by atoms with Crippen molar-refractivity contribution < 1.29 is 22.7 Å². The Morgan fingerprint density at radius 2 is 2.09 bits per heavy atom. The van der Waals surface area contributed by atoms with Crippen molar-refractivity contribution in [1.29, 1.82) is 0 Å². The van der Waals surface area contributed by atoms with E-state index < -0.39 is 17.7 Å². The lowest BCUT2D eigenvalue weighted by molar-refractivity contribution is -0.178. The Morgan fingerprint density at radius 3 is 2.68 bits per heavy atom. The van der Waals surface area contributed by atoms with E-state index in [1.165, 1.54) is 25.3 Å². The van der Waals surface area contributed by atoms with E-state index in [2.05, 4.69) is 17.2 Å². The molecule has 22 heavy (non-hydrogen) atoms. The van der Waals surface area contributed by atoms with Gasteiger partial charge in [-0.25, -0.2) is 4.79 Å². The van der Waals surface area contributed by atoms with Crippen LogP contribution in [0.15, 0.2) is 18.2 Å². The first-order valence-corrected chi connectivity index (χ1v) is 6.73. The lowest BCUT2D eigenvalue weighted by Gasteiger charge is -2.37. The summed E-state index contributed by atoms with van der Waals surface area (Å²) in [4.78, 5) is 11.7. The number of nitrogens with one attached hydrogen (secondary N) is 2. The van der Waals surface area contributed by atoms with Gasteiger partial charge < -0.3 is 15.4 Å². The SMILES string of the molecule is COc1ccc2c(c1)C(C#CC1CC1)(C(F)(F)F)NC(=O)N2. The van der Waals surface area contributed by atoms with Gasteiger partial charge in [0.15, 0.2) is 0 Å². The average molecular weight is 310 g/mol. The van der Waals surface area contributed by atoms with Gasteiger partial charge in [0, 0.05) is 17.2 Å². The molecule has 1 aromatic rings. The summed E-state index contributed by atoms with van der Waals surface area (Å²) in [5, 5.41) is 4.32. The van der Waals surface area contributed by atoms with Crippen molar-refractivity contribution in [2.24, 2.45) is 5.92 Å². The Morgan fingerprint density at radius 1 is 1.36 bits per heavy atom. The van der Waals surface area contributed by atoms with Crippen molar-refractivity contribution >= 4 is 11.7 Å². The third-order valence-electron chi connectivity index (χ3n) is 3.65. The molecule has 0 spiro atoms. The molecule has 1 aliphatic heterocycles. The van der Waals surface area contributed by atoms with E-state index in [0.717, 1.165) is 12.8 Å². The number of amides is 2. The van der Waals surface area contributed by atoms with Crippen LogP contribution in [-0.4, -0.2) is 19.3 Å². The van der Waals surface area contributed by atoms with E-state index in [-0.39, 0.29) is 22.9 Å². The number of hydrogen-bond acceptors (Lipinski definition) is 2. The summed E-state index contributed by atoms with van der Waals surface area (Å²) in [7, 11) is 1.36. The van der Waals surface area contributed by atoms with Gasteiger partial charge in [-0.2, -0.15) is 13.2 Å². The topological polar surface area (TPSA) is 50.4 Å². The van der Waals surface area contributed by atoms with Crippen molar-refractivity contribution in [3.05, 3.63) is 23.8 Å². The van der Waals surface area contributed by atoms with Gasteiger partial charge in [-0.3, -0.25) is 0 Å². The fraction of sp³-hybridized carbons (Fsp3) is 0.400. The molecule has 116 valence electrons. The zero-order chi connectivity index (χ0) is 16.0. The molecule has 1 atom stereocenters. The van der Waals surface area contributed by atoms with Crippen LogP contribution in [0.25, 0.3) is 0 Å². The highest BCUT2D eigenvalue weighted by atomic mass is 19.4. The number of anilines is 1. The van der Waals surface area contributed by atoms with E-state index in [0.29, 0.717) is 0 Å². The summed E-state index contributed by atoms with van der Waals surface area (Å²) in [6.45, 7) is 0. The minimum Gasteiger partial charge on any atom is -0.497 e. The third kappa shape index (κ3) is 2.34. The number of carbonyl (C=O) groups is 1. The number of urea groups is 1. The molecule has 0 saturated heterocycles. The summed E-state index contributed by atoms with van der Waals surface area (Å²) >= 11 is 0. The number of methoxy groups -OCH3 is 1. The molecule has 4 nitrogen and oxygen atoms in total. The predicted octanol–water partition coefficient (Wildman–Crippen LogP) is 3.00. The predicted molar refractivity (Wildman–Crippen MR) is 73.4 cm³/mol.